The number of hydrogen-bond donors (Lipinski definition) is 1. The number of nitrogens with zero attached hydrogens (tertiary/aromatic N) is 1. The van der Waals surface area contributed by atoms with Gasteiger partial charge in [-0.1, -0.05) is 0 Å². The summed E-state index contributed by atoms with van der Waals surface area (Å²) in [7, 11) is 0. The van der Waals surface area contributed by atoms with Crippen molar-refractivity contribution in [1.82, 2.24) is 0 Å². The summed E-state index contributed by atoms with van der Waals surface area (Å²) < 4.78 is 18.6. The number of ether oxygens (including phenoxy) is 1. The lowest BCUT2D eigenvalue weighted by atomic mass is 10.2. The SMILES string of the molecule is Cc1cc(Oc2ccc([N+](=O)[O-])c(CO)c2)ccc1F. The van der Waals surface area contributed by atoms with E-state index in [0.29, 0.717) is 17.1 Å². The Morgan fingerprint density at radius 3 is 2.50 bits per heavy atom. The van der Waals surface area contributed by atoms with E-state index in [1.54, 1.807) is 6.92 Å². The Balaban J connectivity index is 2.29. The zero-order valence-corrected chi connectivity index (χ0v) is 10.7. The standard InChI is InChI=1S/C14H12FNO4/c1-9-6-11(2-4-13(9)15)20-12-3-5-14(16(18)19)10(7-12)8-17/h2-7,17H,8H2,1H3. The van der Waals surface area contributed by atoms with Crippen LogP contribution < -0.4 is 4.74 Å². The number of benzene rings is 2. The molecule has 2 aromatic carbocycles. The van der Waals surface area contributed by atoms with Gasteiger partial charge >= 0.3 is 0 Å². The van der Waals surface area contributed by atoms with Gasteiger partial charge in [0, 0.05) is 6.07 Å². The summed E-state index contributed by atoms with van der Waals surface area (Å²) in [6, 6.07) is 8.34. The van der Waals surface area contributed by atoms with Gasteiger partial charge in [0.05, 0.1) is 17.1 Å². The van der Waals surface area contributed by atoms with Gasteiger partial charge in [0.2, 0.25) is 0 Å². The fraction of sp³-hybridized carbons (Fsp3) is 0.143. The third-order valence-electron chi connectivity index (χ3n) is 2.78. The Bertz CT molecular complexity index is 658. The molecule has 0 atom stereocenters. The molecule has 1 N–H and O–H groups in total. The molecule has 0 aliphatic rings. The third kappa shape index (κ3) is 2.92. The van der Waals surface area contributed by atoms with E-state index in [1.807, 2.05) is 0 Å². The number of nitro benzene ring substituents is 1. The van der Waals surface area contributed by atoms with E-state index in [2.05, 4.69) is 0 Å². The molecule has 0 radical (unpaired) electrons. The number of aliphatic hydroxyl groups is 1. The van der Waals surface area contributed by atoms with Crippen molar-refractivity contribution in [3.8, 4) is 11.5 Å². The maximum atomic E-state index is 13.1. The van der Waals surface area contributed by atoms with Crippen molar-refractivity contribution in [3.05, 3.63) is 63.5 Å². The molecule has 20 heavy (non-hydrogen) atoms. The lowest BCUT2D eigenvalue weighted by Gasteiger charge is -2.08. The molecule has 0 aromatic heterocycles. The highest BCUT2D eigenvalue weighted by atomic mass is 19.1. The van der Waals surface area contributed by atoms with Crippen LogP contribution in [0.2, 0.25) is 0 Å². The molecule has 0 aliphatic carbocycles. The number of halogens is 1. The second-order valence-corrected chi connectivity index (χ2v) is 4.22. The van der Waals surface area contributed by atoms with Gasteiger partial charge in [-0.15, -0.1) is 0 Å². The Labute approximate surface area is 114 Å². The second-order valence-electron chi connectivity index (χ2n) is 4.22. The normalized spacial score (nSPS) is 10.3. The van der Waals surface area contributed by atoms with E-state index in [4.69, 9.17) is 9.84 Å². The monoisotopic (exact) mass is 277 g/mol. The van der Waals surface area contributed by atoms with Crippen LogP contribution in [0.5, 0.6) is 11.5 Å². The first kappa shape index (κ1) is 14.0. The molecule has 104 valence electrons. The van der Waals surface area contributed by atoms with Crippen molar-refractivity contribution in [1.29, 1.82) is 0 Å². The van der Waals surface area contributed by atoms with Gasteiger partial charge in [0.1, 0.15) is 17.3 Å². The summed E-state index contributed by atoms with van der Waals surface area (Å²) in [6.07, 6.45) is 0. The minimum absolute atomic E-state index is 0.159. The van der Waals surface area contributed by atoms with Crippen LogP contribution in [0.1, 0.15) is 11.1 Å². The van der Waals surface area contributed by atoms with Gasteiger partial charge in [-0.25, -0.2) is 4.39 Å². The maximum absolute atomic E-state index is 13.1. The quantitative estimate of drug-likeness (QED) is 0.687. The largest absolute Gasteiger partial charge is 0.457 e. The molecule has 0 spiro atoms. The summed E-state index contributed by atoms with van der Waals surface area (Å²) in [5.74, 6) is 0.421. The highest BCUT2D eigenvalue weighted by Gasteiger charge is 2.14. The van der Waals surface area contributed by atoms with Crippen LogP contribution in [0.15, 0.2) is 36.4 Å². The summed E-state index contributed by atoms with van der Waals surface area (Å²) in [6.45, 7) is 1.15. The van der Waals surface area contributed by atoms with Gasteiger partial charge < -0.3 is 9.84 Å². The van der Waals surface area contributed by atoms with Crippen molar-refractivity contribution >= 4 is 5.69 Å². The smallest absolute Gasteiger partial charge is 0.275 e. The molecule has 2 aromatic rings. The fourth-order valence-corrected chi connectivity index (χ4v) is 1.75. The minimum atomic E-state index is -0.572. The Kier molecular flexibility index (Phi) is 3.95. The minimum Gasteiger partial charge on any atom is -0.457 e. The molecule has 0 heterocycles. The maximum Gasteiger partial charge on any atom is 0.275 e. The predicted octanol–water partition coefficient (Wildman–Crippen LogP) is 3.33. The number of aryl methyl sites for hydroxylation is 1. The Hall–Kier alpha value is -2.47. The lowest BCUT2D eigenvalue weighted by Crippen LogP contribution is -1.96. The van der Waals surface area contributed by atoms with E-state index in [-0.39, 0.29) is 17.1 Å². The van der Waals surface area contributed by atoms with E-state index in [9.17, 15) is 14.5 Å². The average Bonchev–Trinajstić information content (AvgIpc) is 2.42. The van der Waals surface area contributed by atoms with Gasteiger partial charge in [0.25, 0.3) is 5.69 Å². The number of rotatable bonds is 4. The molecule has 0 unspecified atom stereocenters. The molecule has 0 amide bonds. The van der Waals surface area contributed by atoms with Crippen molar-refractivity contribution in [2.45, 2.75) is 13.5 Å². The van der Waals surface area contributed by atoms with Crippen molar-refractivity contribution in [2.24, 2.45) is 0 Å². The lowest BCUT2D eigenvalue weighted by molar-refractivity contribution is -0.385. The van der Waals surface area contributed by atoms with Gasteiger partial charge in [-0.05, 0) is 42.8 Å². The molecular formula is C14H12FNO4. The van der Waals surface area contributed by atoms with E-state index < -0.39 is 11.5 Å². The van der Waals surface area contributed by atoms with Crippen LogP contribution >= 0.6 is 0 Å². The molecule has 0 aliphatic heterocycles. The molecule has 5 nitrogen and oxygen atoms in total. The van der Waals surface area contributed by atoms with E-state index in [0.717, 1.165) is 0 Å². The predicted molar refractivity (Wildman–Crippen MR) is 70.2 cm³/mol. The highest BCUT2D eigenvalue weighted by molar-refractivity contribution is 5.46. The molecule has 0 saturated heterocycles. The first-order chi connectivity index (χ1) is 9.51. The van der Waals surface area contributed by atoms with Crippen LogP contribution in [-0.2, 0) is 6.61 Å². The summed E-state index contributed by atoms with van der Waals surface area (Å²) in [4.78, 5) is 10.2. The first-order valence-electron chi connectivity index (χ1n) is 5.83. The molecule has 6 heteroatoms. The Morgan fingerprint density at radius 2 is 1.90 bits per heavy atom. The van der Waals surface area contributed by atoms with Crippen LogP contribution in [0, 0.1) is 22.9 Å². The number of hydrogen-bond acceptors (Lipinski definition) is 4. The zero-order valence-electron chi connectivity index (χ0n) is 10.7. The van der Waals surface area contributed by atoms with Crippen molar-refractivity contribution < 1.29 is 19.2 Å². The third-order valence-corrected chi connectivity index (χ3v) is 2.78. The van der Waals surface area contributed by atoms with Crippen LogP contribution in [0.3, 0.4) is 0 Å². The molecule has 0 bridgehead atoms. The Morgan fingerprint density at radius 1 is 1.25 bits per heavy atom. The zero-order chi connectivity index (χ0) is 14.7. The van der Waals surface area contributed by atoms with Crippen molar-refractivity contribution in [3.63, 3.8) is 0 Å². The molecule has 0 fully saturated rings. The molecule has 2 rings (SSSR count). The number of nitro groups is 1. The highest BCUT2D eigenvalue weighted by Crippen LogP contribution is 2.28. The number of aliphatic hydroxyl groups excluding tert-OH is 1. The second kappa shape index (κ2) is 5.66. The van der Waals surface area contributed by atoms with Crippen molar-refractivity contribution in [2.75, 3.05) is 0 Å². The van der Waals surface area contributed by atoms with Crippen LogP contribution in [-0.4, -0.2) is 10.0 Å². The summed E-state index contributed by atoms with van der Waals surface area (Å²) in [5.41, 5.74) is 0.424. The summed E-state index contributed by atoms with van der Waals surface area (Å²) in [5, 5.41) is 19.9. The van der Waals surface area contributed by atoms with Gasteiger partial charge in [-0.2, -0.15) is 0 Å². The van der Waals surface area contributed by atoms with Crippen LogP contribution in [0.25, 0.3) is 0 Å². The molecular weight excluding hydrogens is 265 g/mol. The average molecular weight is 277 g/mol. The van der Waals surface area contributed by atoms with Gasteiger partial charge in [0.15, 0.2) is 0 Å². The summed E-state index contributed by atoms with van der Waals surface area (Å²) >= 11 is 0. The molecule has 0 saturated carbocycles. The van der Waals surface area contributed by atoms with Gasteiger partial charge in [-0.3, -0.25) is 10.1 Å². The van der Waals surface area contributed by atoms with Crippen LogP contribution in [0.4, 0.5) is 10.1 Å². The van der Waals surface area contributed by atoms with E-state index >= 15 is 0 Å². The fourth-order valence-electron chi connectivity index (χ4n) is 1.75. The first-order valence-corrected chi connectivity index (χ1v) is 5.83. The topological polar surface area (TPSA) is 72.6 Å². The van der Waals surface area contributed by atoms with E-state index in [1.165, 1.54) is 36.4 Å².